The first-order valence-corrected chi connectivity index (χ1v) is 4.58. The van der Waals surface area contributed by atoms with Gasteiger partial charge in [0.1, 0.15) is 5.71 Å². The van der Waals surface area contributed by atoms with Crippen molar-refractivity contribution in [3.8, 4) is 0 Å². The smallest absolute Gasteiger partial charge is 0.397 e. The minimum atomic E-state index is -5.83. The monoisotopic (exact) mass is 265 g/mol. The zero-order valence-corrected chi connectivity index (χ0v) is 8.80. The highest BCUT2D eigenvalue weighted by molar-refractivity contribution is 6.03. The summed E-state index contributed by atoms with van der Waals surface area (Å²) in [5.41, 5.74) is 2.93. The fraction of sp³-hybridized carbons (Fsp3) is 0.200. The molecule has 8 heteroatoms. The average Bonchev–Trinajstić information content (AvgIpc) is 2.28. The Kier molecular flexibility index (Phi) is 3.68. The molecule has 0 radical (unpaired) electrons. The van der Waals surface area contributed by atoms with Crippen LogP contribution in [0.4, 0.5) is 22.0 Å². The molecule has 0 unspecified atom stereocenters. The van der Waals surface area contributed by atoms with Gasteiger partial charge in [0.25, 0.3) is 0 Å². The fourth-order valence-electron chi connectivity index (χ4n) is 1.01. The van der Waals surface area contributed by atoms with Crippen LogP contribution in [0, 0.1) is 5.41 Å². The molecule has 0 aliphatic heterocycles. The van der Waals surface area contributed by atoms with Crippen LogP contribution in [-0.4, -0.2) is 22.8 Å². The third-order valence-corrected chi connectivity index (χ3v) is 1.95. The standard InChI is InChI=1S/C10H8F5N3/c11-9(12,10(13,14)15)8(17)5-6(16)7-3-1-2-4-18-7/h1-5,17H,16H2/b6-5-,17-8?. The molecular weight excluding hydrogens is 257 g/mol. The number of nitrogens with zero attached hydrogens (tertiary/aromatic N) is 1. The van der Waals surface area contributed by atoms with E-state index in [4.69, 9.17) is 11.1 Å². The van der Waals surface area contributed by atoms with Gasteiger partial charge in [-0.2, -0.15) is 22.0 Å². The number of rotatable bonds is 3. The summed E-state index contributed by atoms with van der Waals surface area (Å²) in [5.74, 6) is -5.24. The van der Waals surface area contributed by atoms with Gasteiger partial charge < -0.3 is 5.73 Å². The van der Waals surface area contributed by atoms with Crippen LogP contribution >= 0.6 is 0 Å². The van der Waals surface area contributed by atoms with Crippen LogP contribution in [0.5, 0.6) is 0 Å². The van der Waals surface area contributed by atoms with E-state index >= 15 is 0 Å². The molecule has 0 bridgehead atoms. The van der Waals surface area contributed by atoms with Gasteiger partial charge in [0, 0.05) is 6.20 Å². The van der Waals surface area contributed by atoms with Gasteiger partial charge in [-0.15, -0.1) is 0 Å². The summed E-state index contributed by atoms with van der Waals surface area (Å²) in [5, 5.41) is 6.77. The molecule has 0 saturated carbocycles. The number of nitrogens with one attached hydrogen (secondary N) is 1. The Bertz CT molecular complexity index is 464. The van der Waals surface area contributed by atoms with Gasteiger partial charge in [0.05, 0.1) is 11.4 Å². The second-order valence-electron chi connectivity index (χ2n) is 3.30. The number of allylic oxidation sites excluding steroid dienone is 1. The summed E-state index contributed by atoms with van der Waals surface area (Å²) in [6, 6.07) is 4.33. The van der Waals surface area contributed by atoms with Crippen LogP contribution in [0.2, 0.25) is 0 Å². The maximum atomic E-state index is 12.7. The van der Waals surface area contributed by atoms with Crippen LogP contribution in [0.15, 0.2) is 30.5 Å². The van der Waals surface area contributed by atoms with Crippen molar-refractivity contribution in [1.82, 2.24) is 4.98 Å². The van der Waals surface area contributed by atoms with Crippen molar-refractivity contribution in [2.45, 2.75) is 12.1 Å². The van der Waals surface area contributed by atoms with E-state index in [1.54, 1.807) is 0 Å². The SMILES string of the molecule is N=C(/C=C(\N)c1ccccn1)C(F)(F)C(F)(F)F. The molecular formula is C10H8F5N3. The second-order valence-corrected chi connectivity index (χ2v) is 3.30. The van der Waals surface area contributed by atoms with Crippen molar-refractivity contribution in [1.29, 1.82) is 5.41 Å². The first-order valence-electron chi connectivity index (χ1n) is 4.58. The van der Waals surface area contributed by atoms with Gasteiger partial charge in [0.15, 0.2) is 0 Å². The molecule has 1 aromatic heterocycles. The third-order valence-electron chi connectivity index (χ3n) is 1.95. The number of hydrogen-bond donors (Lipinski definition) is 2. The van der Waals surface area contributed by atoms with Crippen LogP contribution < -0.4 is 5.73 Å². The maximum absolute atomic E-state index is 12.7. The van der Waals surface area contributed by atoms with E-state index in [0.29, 0.717) is 0 Å². The molecule has 0 aromatic carbocycles. The van der Waals surface area contributed by atoms with Crippen LogP contribution in [-0.2, 0) is 0 Å². The fourth-order valence-corrected chi connectivity index (χ4v) is 1.01. The van der Waals surface area contributed by atoms with Crippen LogP contribution in [0.3, 0.4) is 0 Å². The van der Waals surface area contributed by atoms with Crippen molar-refractivity contribution in [3.63, 3.8) is 0 Å². The Morgan fingerprint density at radius 1 is 1.22 bits per heavy atom. The van der Waals surface area contributed by atoms with E-state index in [2.05, 4.69) is 4.98 Å². The number of nitrogens with two attached hydrogens (primary N) is 1. The maximum Gasteiger partial charge on any atom is 0.459 e. The predicted octanol–water partition coefficient (Wildman–Crippen LogP) is 2.60. The highest BCUT2D eigenvalue weighted by atomic mass is 19.4. The molecule has 18 heavy (non-hydrogen) atoms. The van der Waals surface area contributed by atoms with E-state index in [1.807, 2.05) is 0 Å². The Morgan fingerprint density at radius 3 is 2.28 bits per heavy atom. The lowest BCUT2D eigenvalue weighted by atomic mass is 10.1. The Labute approximate surface area is 98.6 Å². The van der Waals surface area contributed by atoms with E-state index in [1.165, 1.54) is 24.4 Å². The molecule has 0 saturated heterocycles. The van der Waals surface area contributed by atoms with Gasteiger partial charge in [0.2, 0.25) is 0 Å². The average molecular weight is 265 g/mol. The second kappa shape index (κ2) is 4.71. The molecule has 0 aliphatic carbocycles. The predicted molar refractivity (Wildman–Crippen MR) is 55.1 cm³/mol. The molecule has 1 heterocycles. The van der Waals surface area contributed by atoms with Crippen LogP contribution in [0.1, 0.15) is 5.69 Å². The summed E-state index contributed by atoms with van der Waals surface area (Å²) in [7, 11) is 0. The van der Waals surface area contributed by atoms with Gasteiger partial charge >= 0.3 is 12.1 Å². The highest BCUT2D eigenvalue weighted by Crippen LogP contribution is 2.36. The molecule has 0 atom stereocenters. The summed E-state index contributed by atoms with van der Waals surface area (Å²) in [6.07, 6.45) is -4.29. The Balaban J connectivity index is 3.01. The van der Waals surface area contributed by atoms with E-state index in [0.717, 1.165) is 0 Å². The lowest BCUT2D eigenvalue weighted by Gasteiger charge is -2.18. The van der Waals surface area contributed by atoms with E-state index in [9.17, 15) is 22.0 Å². The normalized spacial score (nSPS) is 13.5. The van der Waals surface area contributed by atoms with Gasteiger partial charge in [-0.25, -0.2) is 0 Å². The molecule has 0 aliphatic rings. The minimum absolute atomic E-state index is 0.0141. The van der Waals surface area contributed by atoms with E-state index in [-0.39, 0.29) is 11.8 Å². The largest absolute Gasteiger partial charge is 0.459 e. The molecule has 0 fully saturated rings. The van der Waals surface area contributed by atoms with Crippen molar-refractivity contribution >= 4 is 11.4 Å². The van der Waals surface area contributed by atoms with Crippen molar-refractivity contribution in [2.24, 2.45) is 5.73 Å². The number of alkyl halides is 5. The highest BCUT2D eigenvalue weighted by Gasteiger charge is 2.60. The van der Waals surface area contributed by atoms with Gasteiger partial charge in [-0.05, 0) is 18.2 Å². The first-order chi connectivity index (χ1) is 8.16. The molecule has 1 aromatic rings. The Hall–Kier alpha value is -1.99. The third kappa shape index (κ3) is 2.82. The Morgan fingerprint density at radius 2 is 1.83 bits per heavy atom. The lowest BCUT2D eigenvalue weighted by molar-refractivity contribution is -0.249. The topological polar surface area (TPSA) is 62.8 Å². The first kappa shape index (κ1) is 14.1. The zero-order valence-electron chi connectivity index (χ0n) is 8.80. The summed E-state index contributed by atoms with van der Waals surface area (Å²) < 4.78 is 61.3. The van der Waals surface area contributed by atoms with Crippen molar-refractivity contribution < 1.29 is 22.0 Å². The quantitative estimate of drug-likeness (QED) is 0.651. The number of pyridine rings is 1. The lowest BCUT2D eigenvalue weighted by Crippen LogP contribution is -2.43. The summed E-state index contributed by atoms with van der Waals surface area (Å²) in [6.45, 7) is 0. The molecule has 98 valence electrons. The van der Waals surface area contributed by atoms with Gasteiger partial charge in [-0.3, -0.25) is 10.4 Å². The molecule has 0 spiro atoms. The number of halogens is 5. The van der Waals surface area contributed by atoms with Crippen molar-refractivity contribution in [2.75, 3.05) is 0 Å². The number of hydrogen-bond acceptors (Lipinski definition) is 3. The number of aromatic nitrogens is 1. The van der Waals surface area contributed by atoms with Crippen molar-refractivity contribution in [3.05, 3.63) is 36.2 Å². The molecule has 1 rings (SSSR count). The zero-order chi connectivity index (χ0) is 14.0. The molecule has 0 amide bonds. The minimum Gasteiger partial charge on any atom is -0.397 e. The summed E-state index contributed by atoms with van der Waals surface area (Å²) in [4.78, 5) is 3.66. The van der Waals surface area contributed by atoms with E-state index < -0.39 is 23.5 Å². The van der Waals surface area contributed by atoms with Gasteiger partial charge in [-0.1, -0.05) is 6.07 Å². The molecule has 3 N–H and O–H groups in total. The molecule has 3 nitrogen and oxygen atoms in total. The van der Waals surface area contributed by atoms with Crippen LogP contribution in [0.25, 0.3) is 5.70 Å². The summed E-state index contributed by atoms with van der Waals surface area (Å²) >= 11 is 0.